The van der Waals surface area contributed by atoms with Gasteiger partial charge in [-0.15, -0.1) is 0 Å². The summed E-state index contributed by atoms with van der Waals surface area (Å²) in [5, 5.41) is 3.07. The Morgan fingerprint density at radius 2 is 1.94 bits per heavy atom. The molecule has 90 valence electrons. The highest BCUT2D eigenvalue weighted by Crippen LogP contribution is 2.14. The number of halogens is 4. The fourth-order valence-electron chi connectivity index (χ4n) is 0.826. The predicted octanol–water partition coefficient (Wildman–Crippen LogP) is 2.12. The van der Waals surface area contributed by atoms with Gasteiger partial charge in [0.2, 0.25) is 5.95 Å². The minimum atomic E-state index is -4.29. The van der Waals surface area contributed by atoms with Crippen molar-refractivity contribution in [2.45, 2.75) is 6.18 Å². The molecule has 0 amide bonds. The molecule has 1 aromatic heterocycles. The Labute approximate surface area is 94.8 Å². The third kappa shape index (κ3) is 5.72. The SMILES string of the molecule is FC(F)(F)COCCNc1ncc(Cl)cn1. The topological polar surface area (TPSA) is 47.0 Å². The van der Waals surface area contributed by atoms with Gasteiger partial charge in [-0.05, 0) is 0 Å². The van der Waals surface area contributed by atoms with Crippen molar-refractivity contribution in [3.05, 3.63) is 17.4 Å². The van der Waals surface area contributed by atoms with E-state index in [1.54, 1.807) is 0 Å². The van der Waals surface area contributed by atoms with Gasteiger partial charge < -0.3 is 10.1 Å². The first kappa shape index (κ1) is 13.0. The lowest BCUT2D eigenvalue weighted by atomic mass is 10.6. The molecular formula is C8H9ClF3N3O. The van der Waals surface area contributed by atoms with Crippen LogP contribution in [0.3, 0.4) is 0 Å². The van der Waals surface area contributed by atoms with Crippen molar-refractivity contribution >= 4 is 17.5 Å². The number of rotatable bonds is 5. The highest BCUT2D eigenvalue weighted by molar-refractivity contribution is 6.30. The van der Waals surface area contributed by atoms with Crippen LogP contribution in [0.2, 0.25) is 5.02 Å². The number of nitrogens with one attached hydrogen (secondary N) is 1. The molecule has 1 aromatic rings. The first-order valence-electron chi connectivity index (χ1n) is 4.33. The molecule has 1 rings (SSSR count). The number of anilines is 1. The molecule has 16 heavy (non-hydrogen) atoms. The van der Waals surface area contributed by atoms with Crippen molar-refractivity contribution in [3.8, 4) is 0 Å². The number of hydrogen-bond donors (Lipinski definition) is 1. The highest BCUT2D eigenvalue weighted by Gasteiger charge is 2.27. The van der Waals surface area contributed by atoms with Crippen LogP contribution in [-0.4, -0.2) is 35.9 Å². The summed E-state index contributed by atoms with van der Waals surface area (Å²) in [5.74, 6) is 0.292. The normalized spacial score (nSPS) is 11.5. The molecule has 0 bridgehead atoms. The molecule has 0 fully saturated rings. The van der Waals surface area contributed by atoms with Crippen LogP contribution < -0.4 is 5.32 Å². The molecule has 1 N–H and O–H groups in total. The summed E-state index contributed by atoms with van der Waals surface area (Å²) in [7, 11) is 0. The lowest BCUT2D eigenvalue weighted by molar-refractivity contribution is -0.172. The summed E-state index contributed by atoms with van der Waals surface area (Å²) in [6.45, 7) is -1.14. The van der Waals surface area contributed by atoms with Gasteiger partial charge in [-0.2, -0.15) is 13.2 Å². The van der Waals surface area contributed by atoms with E-state index in [9.17, 15) is 13.2 Å². The van der Waals surface area contributed by atoms with Crippen LogP contribution in [0, 0.1) is 0 Å². The Hall–Kier alpha value is -1.08. The lowest BCUT2D eigenvalue weighted by Crippen LogP contribution is -2.20. The van der Waals surface area contributed by atoms with E-state index in [0.717, 1.165) is 0 Å². The molecule has 0 radical (unpaired) electrons. The molecule has 0 aromatic carbocycles. The molecule has 1 heterocycles. The maximum atomic E-state index is 11.7. The van der Waals surface area contributed by atoms with Crippen LogP contribution in [0.25, 0.3) is 0 Å². The van der Waals surface area contributed by atoms with Crippen molar-refractivity contribution in [2.75, 3.05) is 25.1 Å². The second kappa shape index (κ2) is 5.86. The minimum absolute atomic E-state index is 0.0779. The van der Waals surface area contributed by atoms with Crippen molar-refractivity contribution in [1.29, 1.82) is 0 Å². The summed E-state index contributed by atoms with van der Waals surface area (Å²) in [4.78, 5) is 7.59. The summed E-state index contributed by atoms with van der Waals surface area (Å²) in [6.07, 6.45) is -1.53. The highest BCUT2D eigenvalue weighted by atomic mass is 35.5. The molecule has 8 heteroatoms. The zero-order valence-corrected chi connectivity index (χ0v) is 8.85. The van der Waals surface area contributed by atoms with Crippen LogP contribution in [0.15, 0.2) is 12.4 Å². The van der Waals surface area contributed by atoms with Gasteiger partial charge in [0, 0.05) is 6.54 Å². The van der Waals surface area contributed by atoms with E-state index in [0.29, 0.717) is 11.0 Å². The zero-order chi connectivity index (χ0) is 12.0. The summed E-state index contributed by atoms with van der Waals surface area (Å²) in [6, 6.07) is 0. The van der Waals surface area contributed by atoms with Crippen molar-refractivity contribution in [3.63, 3.8) is 0 Å². The van der Waals surface area contributed by atoms with Crippen LogP contribution in [0.4, 0.5) is 19.1 Å². The monoisotopic (exact) mass is 255 g/mol. The van der Waals surface area contributed by atoms with Crippen molar-refractivity contribution in [1.82, 2.24) is 9.97 Å². The van der Waals surface area contributed by atoms with Crippen molar-refractivity contribution in [2.24, 2.45) is 0 Å². The predicted molar refractivity (Wildman–Crippen MR) is 52.4 cm³/mol. The quantitative estimate of drug-likeness (QED) is 0.819. The van der Waals surface area contributed by atoms with Crippen LogP contribution >= 0.6 is 11.6 Å². The number of nitrogens with zero attached hydrogens (tertiary/aromatic N) is 2. The second-order valence-electron chi connectivity index (χ2n) is 2.82. The van der Waals surface area contributed by atoms with Gasteiger partial charge in [-0.3, -0.25) is 0 Å². The molecule has 0 aliphatic carbocycles. The Kier molecular flexibility index (Phi) is 4.75. The van der Waals surface area contributed by atoms with E-state index in [-0.39, 0.29) is 13.2 Å². The van der Waals surface area contributed by atoms with Gasteiger partial charge in [0.15, 0.2) is 0 Å². The number of alkyl halides is 3. The Balaban J connectivity index is 2.14. The first-order chi connectivity index (χ1) is 7.47. The number of hydrogen-bond acceptors (Lipinski definition) is 4. The fourth-order valence-corrected chi connectivity index (χ4v) is 0.924. The molecule has 0 aliphatic heterocycles. The van der Waals surface area contributed by atoms with E-state index in [2.05, 4.69) is 20.0 Å². The first-order valence-corrected chi connectivity index (χ1v) is 4.71. The van der Waals surface area contributed by atoms with Gasteiger partial charge in [0.25, 0.3) is 0 Å². The Bertz CT molecular complexity index is 317. The smallest absolute Gasteiger partial charge is 0.370 e. The molecule has 0 unspecified atom stereocenters. The van der Waals surface area contributed by atoms with E-state index in [4.69, 9.17) is 11.6 Å². The molecule has 0 saturated heterocycles. The van der Waals surface area contributed by atoms with Gasteiger partial charge in [0.1, 0.15) is 6.61 Å². The van der Waals surface area contributed by atoms with Gasteiger partial charge in [-0.1, -0.05) is 11.6 Å². The molecule has 0 spiro atoms. The van der Waals surface area contributed by atoms with E-state index >= 15 is 0 Å². The lowest BCUT2D eigenvalue weighted by Gasteiger charge is -2.08. The van der Waals surface area contributed by atoms with E-state index in [1.807, 2.05) is 0 Å². The van der Waals surface area contributed by atoms with Crippen LogP contribution in [0.5, 0.6) is 0 Å². The Morgan fingerprint density at radius 1 is 1.31 bits per heavy atom. The van der Waals surface area contributed by atoms with E-state index < -0.39 is 12.8 Å². The zero-order valence-electron chi connectivity index (χ0n) is 8.09. The molecular weight excluding hydrogens is 247 g/mol. The van der Waals surface area contributed by atoms with Crippen LogP contribution in [0.1, 0.15) is 0 Å². The van der Waals surface area contributed by atoms with Gasteiger partial charge >= 0.3 is 6.18 Å². The maximum absolute atomic E-state index is 11.7. The number of aromatic nitrogens is 2. The summed E-state index contributed by atoms with van der Waals surface area (Å²) >= 11 is 5.54. The molecule has 0 aliphatic rings. The maximum Gasteiger partial charge on any atom is 0.411 e. The van der Waals surface area contributed by atoms with Crippen molar-refractivity contribution < 1.29 is 17.9 Å². The van der Waals surface area contributed by atoms with Crippen LogP contribution in [-0.2, 0) is 4.74 Å². The van der Waals surface area contributed by atoms with E-state index in [1.165, 1.54) is 12.4 Å². The minimum Gasteiger partial charge on any atom is -0.370 e. The Morgan fingerprint density at radius 3 is 2.50 bits per heavy atom. The van der Waals surface area contributed by atoms with Gasteiger partial charge in [-0.25, -0.2) is 9.97 Å². The second-order valence-corrected chi connectivity index (χ2v) is 3.26. The standard InChI is InChI=1S/C8H9ClF3N3O/c9-6-3-14-7(15-4-6)13-1-2-16-5-8(10,11)12/h3-4H,1-2,5H2,(H,13,14,15). The largest absolute Gasteiger partial charge is 0.411 e. The average molecular weight is 256 g/mol. The molecule has 0 atom stereocenters. The van der Waals surface area contributed by atoms with Gasteiger partial charge in [0.05, 0.1) is 24.0 Å². The molecule has 0 saturated carbocycles. The fraction of sp³-hybridized carbons (Fsp3) is 0.500. The molecule has 4 nitrogen and oxygen atoms in total. The number of ether oxygens (including phenoxy) is 1. The third-order valence-corrected chi connectivity index (χ3v) is 1.61. The summed E-state index contributed by atoms with van der Waals surface area (Å²) < 4.78 is 39.4. The average Bonchev–Trinajstić information content (AvgIpc) is 2.19. The third-order valence-electron chi connectivity index (χ3n) is 1.42. The summed E-state index contributed by atoms with van der Waals surface area (Å²) in [5.41, 5.74) is 0.